The lowest BCUT2D eigenvalue weighted by atomic mass is 10.1. The van der Waals surface area contributed by atoms with Gasteiger partial charge in [-0.3, -0.25) is 9.36 Å². The van der Waals surface area contributed by atoms with Gasteiger partial charge in [0.05, 0.1) is 27.7 Å². The molecule has 0 radical (unpaired) electrons. The van der Waals surface area contributed by atoms with E-state index in [9.17, 15) is 5.11 Å². The molecule has 0 amide bonds. The van der Waals surface area contributed by atoms with Crippen molar-refractivity contribution in [1.29, 1.82) is 0 Å². The molecule has 2 aromatic rings. The molecule has 0 aliphatic heterocycles. The molecule has 2 heterocycles. The third-order valence-electron chi connectivity index (χ3n) is 3.06. The maximum atomic E-state index is 10.3. The van der Waals surface area contributed by atoms with E-state index in [2.05, 4.69) is 26.1 Å². The average molecular weight is 313 g/mol. The Kier molecular flexibility index (Phi) is 3.59. The molecule has 0 aliphatic rings. The van der Waals surface area contributed by atoms with E-state index in [4.69, 9.17) is 0 Å². The van der Waals surface area contributed by atoms with Crippen LogP contribution in [0, 0.1) is 13.8 Å². The summed E-state index contributed by atoms with van der Waals surface area (Å²) in [7, 11) is 3.74. The molecular weight excluding hydrogens is 296 g/mol. The van der Waals surface area contributed by atoms with Crippen LogP contribution in [-0.4, -0.2) is 24.7 Å². The van der Waals surface area contributed by atoms with Crippen LogP contribution in [0.2, 0.25) is 0 Å². The Morgan fingerprint density at radius 1 is 1.28 bits per heavy atom. The van der Waals surface area contributed by atoms with Gasteiger partial charge in [0.25, 0.3) is 0 Å². The SMILES string of the molecule is Cc1nn(C)cc1C(O)Cc1c(Br)c(C)nn1C. The molecule has 6 heteroatoms. The summed E-state index contributed by atoms with van der Waals surface area (Å²) >= 11 is 3.51. The second-order valence-electron chi connectivity index (χ2n) is 4.53. The van der Waals surface area contributed by atoms with Crippen molar-refractivity contribution in [2.75, 3.05) is 0 Å². The van der Waals surface area contributed by atoms with E-state index >= 15 is 0 Å². The van der Waals surface area contributed by atoms with Crippen molar-refractivity contribution in [3.63, 3.8) is 0 Å². The van der Waals surface area contributed by atoms with Crippen molar-refractivity contribution >= 4 is 15.9 Å². The van der Waals surface area contributed by atoms with Crippen molar-refractivity contribution < 1.29 is 5.11 Å². The van der Waals surface area contributed by atoms with Gasteiger partial charge in [-0.15, -0.1) is 0 Å². The minimum atomic E-state index is -0.565. The largest absolute Gasteiger partial charge is 0.388 e. The van der Waals surface area contributed by atoms with Crippen LogP contribution in [0.1, 0.15) is 28.7 Å². The summed E-state index contributed by atoms with van der Waals surface area (Å²) in [6, 6.07) is 0. The molecule has 0 fully saturated rings. The van der Waals surface area contributed by atoms with Crippen LogP contribution in [0.4, 0.5) is 0 Å². The van der Waals surface area contributed by atoms with Gasteiger partial charge >= 0.3 is 0 Å². The summed E-state index contributed by atoms with van der Waals surface area (Å²) < 4.78 is 4.48. The predicted molar refractivity (Wildman–Crippen MR) is 72.3 cm³/mol. The molecule has 98 valence electrons. The third kappa shape index (κ3) is 2.35. The zero-order chi connectivity index (χ0) is 13.4. The molecule has 5 nitrogen and oxygen atoms in total. The number of hydrogen-bond acceptors (Lipinski definition) is 3. The minimum absolute atomic E-state index is 0.518. The van der Waals surface area contributed by atoms with Gasteiger partial charge < -0.3 is 5.11 Å². The molecule has 0 saturated carbocycles. The monoisotopic (exact) mass is 312 g/mol. The minimum Gasteiger partial charge on any atom is -0.388 e. The van der Waals surface area contributed by atoms with Crippen molar-refractivity contribution in [1.82, 2.24) is 19.6 Å². The van der Waals surface area contributed by atoms with Gasteiger partial charge in [0.2, 0.25) is 0 Å². The lowest BCUT2D eigenvalue weighted by molar-refractivity contribution is 0.175. The maximum Gasteiger partial charge on any atom is 0.0878 e. The molecule has 2 aromatic heterocycles. The number of aliphatic hydroxyl groups excluding tert-OH is 1. The van der Waals surface area contributed by atoms with Gasteiger partial charge in [0, 0.05) is 32.3 Å². The summed E-state index contributed by atoms with van der Waals surface area (Å²) in [6.07, 6.45) is 1.81. The number of aryl methyl sites for hydroxylation is 4. The van der Waals surface area contributed by atoms with Crippen molar-refractivity contribution in [2.24, 2.45) is 14.1 Å². The van der Waals surface area contributed by atoms with Crippen LogP contribution in [0.25, 0.3) is 0 Å². The highest BCUT2D eigenvalue weighted by Gasteiger charge is 2.19. The highest BCUT2D eigenvalue weighted by Crippen LogP contribution is 2.26. The molecule has 1 atom stereocenters. The molecule has 0 bridgehead atoms. The van der Waals surface area contributed by atoms with Crippen LogP contribution >= 0.6 is 15.9 Å². The lowest BCUT2D eigenvalue weighted by Crippen LogP contribution is -2.07. The molecule has 0 aromatic carbocycles. The Labute approximate surface area is 115 Å². The van der Waals surface area contributed by atoms with Gasteiger partial charge in [-0.1, -0.05) is 0 Å². The van der Waals surface area contributed by atoms with E-state index in [0.717, 1.165) is 27.1 Å². The zero-order valence-electron chi connectivity index (χ0n) is 11.0. The maximum absolute atomic E-state index is 10.3. The molecular formula is C12H17BrN4O. The van der Waals surface area contributed by atoms with E-state index in [1.165, 1.54) is 0 Å². The van der Waals surface area contributed by atoms with Crippen LogP contribution in [0.15, 0.2) is 10.7 Å². The Morgan fingerprint density at radius 2 is 1.94 bits per heavy atom. The van der Waals surface area contributed by atoms with E-state index in [1.54, 1.807) is 9.36 Å². The Morgan fingerprint density at radius 3 is 2.39 bits per heavy atom. The van der Waals surface area contributed by atoms with Crippen LogP contribution < -0.4 is 0 Å². The molecule has 1 unspecified atom stereocenters. The predicted octanol–water partition coefficient (Wildman–Crippen LogP) is 1.81. The number of halogens is 1. The Balaban J connectivity index is 2.26. The molecule has 2 rings (SSSR count). The van der Waals surface area contributed by atoms with Crippen molar-refractivity contribution in [3.05, 3.63) is 33.3 Å². The second kappa shape index (κ2) is 4.85. The van der Waals surface area contributed by atoms with Crippen LogP contribution in [0.3, 0.4) is 0 Å². The Bertz CT molecular complexity index is 573. The summed E-state index contributed by atoms with van der Waals surface area (Å²) in [6.45, 7) is 3.84. The van der Waals surface area contributed by atoms with E-state index in [1.807, 2.05) is 34.1 Å². The zero-order valence-corrected chi connectivity index (χ0v) is 12.6. The fourth-order valence-electron chi connectivity index (χ4n) is 2.14. The first-order valence-corrected chi connectivity index (χ1v) is 6.55. The number of rotatable bonds is 3. The summed E-state index contributed by atoms with van der Waals surface area (Å²) in [4.78, 5) is 0. The topological polar surface area (TPSA) is 55.9 Å². The number of aromatic nitrogens is 4. The first-order chi connectivity index (χ1) is 8.40. The molecule has 1 N–H and O–H groups in total. The van der Waals surface area contributed by atoms with Gasteiger partial charge in [0.15, 0.2) is 0 Å². The second-order valence-corrected chi connectivity index (χ2v) is 5.33. The third-order valence-corrected chi connectivity index (χ3v) is 4.09. The van der Waals surface area contributed by atoms with Gasteiger partial charge in [-0.25, -0.2) is 0 Å². The van der Waals surface area contributed by atoms with Gasteiger partial charge in [-0.2, -0.15) is 10.2 Å². The van der Waals surface area contributed by atoms with E-state index in [-0.39, 0.29) is 0 Å². The first kappa shape index (κ1) is 13.3. The first-order valence-electron chi connectivity index (χ1n) is 5.76. The van der Waals surface area contributed by atoms with Crippen molar-refractivity contribution in [2.45, 2.75) is 26.4 Å². The Hall–Kier alpha value is -1.14. The smallest absolute Gasteiger partial charge is 0.0878 e. The summed E-state index contributed by atoms with van der Waals surface area (Å²) in [5, 5.41) is 18.9. The average Bonchev–Trinajstić information content (AvgIpc) is 2.73. The number of nitrogens with zero attached hydrogens (tertiary/aromatic N) is 4. The van der Waals surface area contributed by atoms with E-state index in [0.29, 0.717) is 6.42 Å². The lowest BCUT2D eigenvalue weighted by Gasteiger charge is -2.10. The van der Waals surface area contributed by atoms with Crippen molar-refractivity contribution in [3.8, 4) is 0 Å². The summed E-state index contributed by atoms with van der Waals surface area (Å²) in [5.41, 5.74) is 3.65. The highest BCUT2D eigenvalue weighted by molar-refractivity contribution is 9.10. The summed E-state index contributed by atoms with van der Waals surface area (Å²) in [5.74, 6) is 0. The van der Waals surface area contributed by atoms with E-state index < -0.39 is 6.10 Å². The fourth-order valence-corrected chi connectivity index (χ4v) is 2.64. The highest BCUT2D eigenvalue weighted by atomic mass is 79.9. The molecule has 0 aliphatic carbocycles. The van der Waals surface area contributed by atoms with Crippen LogP contribution in [-0.2, 0) is 20.5 Å². The standard InChI is InChI=1S/C12H17BrN4O/c1-7-9(6-16(3)14-7)11(18)5-10-12(13)8(2)15-17(10)4/h6,11,18H,5H2,1-4H3. The van der Waals surface area contributed by atoms with Gasteiger partial charge in [-0.05, 0) is 29.8 Å². The number of aliphatic hydroxyl groups is 1. The molecule has 18 heavy (non-hydrogen) atoms. The number of hydrogen-bond donors (Lipinski definition) is 1. The molecule has 0 saturated heterocycles. The quantitative estimate of drug-likeness (QED) is 0.940. The molecule has 0 spiro atoms. The van der Waals surface area contributed by atoms with Crippen LogP contribution in [0.5, 0.6) is 0 Å². The normalized spacial score (nSPS) is 13.0. The fraction of sp³-hybridized carbons (Fsp3) is 0.500. The van der Waals surface area contributed by atoms with Gasteiger partial charge in [0.1, 0.15) is 0 Å².